The largest absolute Gasteiger partial charge is 0.505 e. The molecule has 21 heavy (non-hydrogen) atoms. The van der Waals surface area contributed by atoms with Crippen molar-refractivity contribution in [2.24, 2.45) is 17.8 Å². The van der Waals surface area contributed by atoms with Crippen molar-refractivity contribution in [2.75, 3.05) is 7.11 Å². The maximum absolute atomic E-state index is 4.97. The minimum atomic E-state index is 0.649. The lowest BCUT2D eigenvalue weighted by Crippen LogP contribution is -2.00. The highest BCUT2D eigenvalue weighted by Gasteiger charge is 2.06. The van der Waals surface area contributed by atoms with E-state index in [9.17, 15) is 0 Å². The first-order chi connectivity index (χ1) is 10.1. The van der Waals surface area contributed by atoms with Gasteiger partial charge >= 0.3 is 0 Å². The Bertz CT molecular complexity index is 234. The lowest BCUT2D eigenvalue weighted by Gasteiger charge is -2.15. The summed E-state index contributed by atoms with van der Waals surface area (Å²) >= 11 is 0. The maximum Gasteiger partial charge on any atom is 0.0787 e. The van der Waals surface area contributed by atoms with Gasteiger partial charge in [0.1, 0.15) is 0 Å². The van der Waals surface area contributed by atoms with Crippen molar-refractivity contribution in [1.29, 1.82) is 0 Å². The molecule has 126 valence electrons. The first kappa shape index (κ1) is 20.5. The van der Waals surface area contributed by atoms with E-state index in [-0.39, 0.29) is 0 Å². The molecule has 0 N–H and O–H groups in total. The zero-order valence-electron chi connectivity index (χ0n) is 15.4. The van der Waals surface area contributed by atoms with E-state index in [2.05, 4.69) is 33.8 Å². The molecule has 0 spiro atoms. The summed E-state index contributed by atoms with van der Waals surface area (Å²) in [6.07, 6.45) is 17.9. The van der Waals surface area contributed by atoms with Crippen LogP contribution in [0.2, 0.25) is 0 Å². The summed E-state index contributed by atoms with van der Waals surface area (Å²) in [5, 5.41) is 0. The molecule has 0 aromatic carbocycles. The molecule has 0 aromatic rings. The Labute approximate surface area is 134 Å². The van der Waals surface area contributed by atoms with Crippen molar-refractivity contribution in [3.05, 3.63) is 12.3 Å². The Morgan fingerprint density at radius 3 is 1.81 bits per heavy atom. The third-order valence-corrected chi connectivity index (χ3v) is 4.59. The Morgan fingerprint density at radius 2 is 1.29 bits per heavy atom. The maximum atomic E-state index is 4.97. The topological polar surface area (TPSA) is 9.23 Å². The molecule has 0 saturated heterocycles. The van der Waals surface area contributed by atoms with Crippen LogP contribution in [-0.4, -0.2) is 7.11 Å². The van der Waals surface area contributed by atoms with E-state index in [1.165, 1.54) is 64.2 Å². The van der Waals surface area contributed by atoms with Crippen LogP contribution in [0.4, 0.5) is 0 Å². The first-order valence-corrected chi connectivity index (χ1v) is 9.29. The molecule has 0 aliphatic carbocycles. The third kappa shape index (κ3) is 14.2. The highest BCUT2D eigenvalue weighted by atomic mass is 16.5. The van der Waals surface area contributed by atoms with Crippen LogP contribution in [0.3, 0.4) is 0 Å². The first-order valence-electron chi connectivity index (χ1n) is 9.29. The molecule has 0 rings (SSSR count). The number of allylic oxidation sites excluding steroid dienone is 1. The highest BCUT2D eigenvalue weighted by molar-refractivity contribution is 4.79. The smallest absolute Gasteiger partial charge is 0.0787 e. The molecule has 0 aromatic heterocycles. The van der Waals surface area contributed by atoms with Gasteiger partial charge in [0.05, 0.1) is 13.4 Å². The molecule has 0 fully saturated rings. The minimum absolute atomic E-state index is 0.649. The van der Waals surface area contributed by atoms with E-state index in [0.717, 1.165) is 11.8 Å². The molecule has 0 amide bonds. The van der Waals surface area contributed by atoms with Gasteiger partial charge in [-0.2, -0.15) is 0 Å². The highest BCUT2D eigenvalue weighted by Crippen LogP contribution is 2.21. The second-order valence-electron chi connectivity index (χ2n) is 7.11. The fraction of sp³-hybridized carbons (Fsp3) is 0.900. The second-order valence-corrected chi connectivity index (χ2v) is 7.11. The van der Waals surface area contributed by atoms with Gasteiger partial charge in [-0.1, -0.05) is 85.5 Å². The van der Waals surface area contributed by atoms with Crippen molar-refractivity contribution >= 4 is 0 Å². The molecular weight excluding hydrogens is 256 g/mol. The van der Waals surface area contributed by atoms with Gasteiger partial charge in [0, 0.05) is 0 Å². The molecule has 3 unspecified atom stereocenters. The fourth-order valence-corrected chi connectivity index (χ4v) is 2.94. The van der Waals surface area contributed by atoms with Gasteiger partial charge in [-0.25, -0.2) is 0 Å². The van der Waals surface area contributed by atoms with Crippen LogP contribution in [-0.2, 0) is 4.74 Å². The number of ether oxygens (including phenoxy) is 1. The molecule has 0 saturated carbocycles. The van der Waals surface area contributed by atoms with Gasteiger partial charge in [-0.3, -0.25) is 0 Å². The third-order valence-electron chi connectivity index (χ3n) is 4.59. The summed E-state index contributed by atoms with van der Waals surface area (Å²) in [6, 6.07) is 0. The van der Waals surface area contributed by atoms with Crippen LogP contribution < -0.4 is 0 Å². The van der Waals surface area contributed by atoms with Crippen molar-refractivity contribution in [1.82, 2.24) is 0 Å². The van der Waals surface area contributed by atoms with Gasteiger partial charge in [0.25, 0.3) is 0 Å². The molecule has 0 bridgehead atoms. The van der Waals surface area contributed by atoms with E-state index in [1.807, 2.05) is 6.26 Å². The lowest BCUT2D eigenvalue weighted by atomic mass is 9.91. The molecule has 0 radical (unpaired) electrons. The van der Waals surface area contributed by atoms with Crippen LogP contribution in [0.15, 0.2) is 12.3 Å². The average Bonchev–Trinajstić information content (AvgIpc) is 2.45. The van der Waals surface area contributed by atoms with Crippen molar-refractivity contribution in [3.63, 3.8) is 0 Å². The molecule has 0 aliphatic heterocycles. The summed E-state index contributed by atoms with van der Waals surface area (Å²) in [6.45, 7) is 9.43. The quantitative estimate of drug-likeness (QED) is 0.248. The fourth-order valence-electron chi connectivity index (χ4n) is 2.94. The summed E-state index contributed by atoms with van der Waals surface area (Å²) < 4.78 is 4.97. The van der Waals surface area contributed by atoms with Gasteiger partial charge in [-0.05, 0) is 30.3 Å². The lowest BCUT2D eigenvalue weighted by molar-refractivity contribution is 0.332. The summed E-state index contributed by atoms with van der Waals surface area (Å²) in [4.78, 5) is 0. The predicted octanol–water partition coefficient (Wildman–Crippen LogP) is 6.98. The summed E-state index contributed by atoms with van der Waals surface area (Å²) in [5.41, 5.74) is 0. The number of unbranched alkanes of at least 4 members (excludes halogenated alkanes) is 2. The van der Waals surface area contributed by atoms with Crippen LogP contribution in [0.25, 0.3) is 0 Å². The monoisotopic (exact) mass is 296 g/mol. The normalized spacial score (nSPS) is 16.0. The van der Waals surface area contributed by atoms with Crippen LogP contribution in [0.5, 0.6) is 0 Å². The Hall–Kier alpha value is -0.460. The Morgan fingerprint density at radius 1 is 0.762 bits per heavy atom. The molecule has 0 heterocycles. The van der Waals surface area contributed by atoms with E-state index in [1.54, 1.807) is 7.11 Å². The standard InChI is InChI=1S/C20H40O/c1-6-7-8-11-18(2)12-9-13-19(3)14-10-15-20(4)16-17-21-5/h16-20H,6-15H2,1-5H3. The second kappa shape index (κ2) is 14.5. The number of methoxy groups -OCH3 is 1. The average molecular weight is 297 g/mol. The van der Waals surface area contributed by atoms with E-state index in [0.29, 0.717) is 5.92 Å². The molecule has 1 heteroatoms. The van der Waals surface area contributed by atoms with Gasteiger partial charge < -0.3 is 4.74 Å². The van der Waals surface area contributed by atoms with E-state index < -0.39 is 0 Å². The molecular formula is C20H40O. The SMILES string of the molecule is CCCCCC(C)CCCC(C)CCCC(C)C=COC. The van der Waals surface area contributed by atoms with Crippen LogP contribution in [0.1, 0.15) is 91.9 Å². The van der Waals surface area contributed by atoms with E-state index >= 15 is 0 Å². The number of rotatable bonds is 14. The molecule has 0 aliphatic rings. The van der Waals surface area contributed by atoms with Crippen molar-refractivity contribution in [2.45, 2.75) is 91.9 Å². The van der Waals surface area contributed by atoms with Gasteiger partial charge in [0.2, 0.25) is 0 Å². The minimum Gasteiger partial charge on any atom is -0.505 e. The van der Waals surface area contributed by atoms with Gasteiger partial charge in [-0.15, -0.1) is 0 Å². The van der Waals surface area contributed by atoms with Crippen molar-refractivity contribution in [3.8, 4) is 0 Å². The Balaban J connectivity index is 3.49. The molecule has 1 nitrogen and oxygen atoms in total. The van der Waals surface area contributed by atoms with E-state index in [4.69, 9.17) is 4.74 Å². The number of hydrogen-bond acceptors (Lipinski definition) is 1. The van der Waals surface area contributed by atoms with Crippen LogP contribution >= 0.6 is 0 Å². The molecule has 3 atom stereocenters. The van der Waals surface area contributed by atoms with Crippen LogP contribution in [0, 0.1) is 17.8 Å². The number of hydrogen-bond donors (Lipinski definition) is 0. The zero-order valence-corrected chi connectivity index (χ0v) is 15.4. The van der Waals surface area contributed by atoms with Gasteiger partial charge in [0.15, 0.2) is 0 Å². The summed E-state index contributed by atoms with van der Waals surface area (Å²) in [5.74, 6) is 2.48. The van der Waals surface area contributed by atoms with Crippen molar-refractivity contribution < 1.29 is 4.74 Å². The predicted molar refractivity (Wildman–Crippen MR) is 95.5 cm³/mol. The summed E-state index contributed by atoms with van der Waals surface area (Å²) in [7, 11) is 1.72. The zero-order chi connectivity index (χ0) is 15.9. The Kier molecular flexibility index (Phi) is 14.2.